The van der Waals surface area contributed by atoms with Gasteiger partial charge in [0.05, 0.1) is 11.4 Å². The largest absolute Gasteiger partial charge is 0.377 e. The average molecular weight is 332 g/mol. The third kappa shape index (κ3) is 3.42. The summed E-state index contributed by atoms with van der Waals surface area (Å²) in [5.74, 6) is 0.322. The molecule has 3 aliphatic heterocycles. The van der Waals surface area contributed by atoms with Crippen LogP contribution in [0.25, 0.3) is 0 Å². The zero-order valence-electron chi connectivity index (χ0n) is 13.4. The van der Waals surface area contributed by atoms with Crippen molar-refractivity contribution in [2.24, 2.45) is 0 Å². The molecule has 4 nitrogen and oxygen atoms in total. The number of nitrogens with zero attached hydrogens (tertiary/aromatic N) is 2. The molecule has 0 aromatic heterocycles. The van der Waals surface area contributed by atoms with Gasteiger partial charge in [-0.3, -0.25) is 9.69 Å². The fourth-order valence-electron chi connectivity index (χ4n) is 3.75. The number of fused-ring (bicyclic) bond motifs is 1. The summed E-state index contributed by atoms with van der Waals surface area (Å²) < 4.78 is 5.72. The minimum Gasteiger partial charge on any atom is -0.377 e. The van der Waals surface area contributed by atoms with Crippen LogP contribution >= 0.6 is 11.8 Å². The summed E-state index contributed by atoms with van der Waals surface area (Å²) in [4.78, 5) is 18.6. The van der Waals surface area contributed by atoms with Crippen LogP contribution in [0.1, 0.15) is 18.4 Å². The molecule has 1 aromatic rings. The van der Waals surface area contributed by atoms with E-state index < -0.39 is 0 Å². The van der Waals surface area contributed by atoms with E-state index in [4.69, 9.17) is 4.74 Å². The van der Waals surface area contributed by atoms with Crippen molar-refractivity contribution >= 4 is 17.7 Å². The molecule has 0 aliphatic carbocycles. The molecule has 5 heteroatoms. The molecule has 2 fully saturated rings. The Morgan fingerprint density at radius 2 is 2.04 bits per heavy atom. The van der Waals surface area contributed by atoms with Crippen molar-refractivity contribution in [2.45, 2.75) is 35.5 Å². The van der Waals surface area contributed by atoms with Gasteiger partial charge in [0.1, 0.15) is 0 Å². The minimum absolute atomic E-state index is 0.0807. The van der Waals surface area contributed by atoms with Gasteiger partial charge in [0.2, 0.25) is 5.91 Å². The van der Waals surface area contributed by atoms with Gasteiger partial charge in [-0.2, -0.15) is 0 Å². The van der Waals surface area contributed by atoms with Crippen molar-refractivity contribution in [1.82, 2.24) is 9.80 Å². The first-order chi connectivity index (χ1) is 11.3. The predicted octanol–water partition coefficient (Wildman–Crippen LogP) is 2.03. The lowest BCUT2D eigenvalue weighted by Crippen LogP contribution is -2.52. The number of amides is 1. The van der Waals surface area contributed by atoms with Crippen molar-refractivity contribution in [1.29, 1.82) is 0 Å². The molecule has 0 radical (unpaired) electrons. The second-order valence-corrected chi connectivity index (χ2v) is 7.92. The van der Waals surface area contributed by atoms with Crippen molar-refractivity contribution < 1.29 is 9.53 Å². The molecule has 4 rings (SSSR count). The van der Waals surface area contributed by atoms with Crippen LogP contribution in [0.2, 0.25) is 0 Å². The van der Waals surface area contributed by atoms with E-state index in [1.807, 2.05) is 0 Å². The van der Waals surface area contributed by atoms with Crippen LogP contribution < -0.4 is 0 Å². The van der Waals surface area contributed by atoms with Gasteiger partial charge in [0.25, 0.3) is 0 Å². The number of carbonyl (C=O) groups is 1. The summed E-state index contributed by atoms with van der Waals surface area (Å²) in [6.07, 6.45) is 3.69. The Morgan fingerprint density at radius 1 is 1.22 bits per heavy atom. The highest BCUT2D eigenvalue weighted by Crippen LogP contribution is 2.37. The molecular weight excluding hydrogens is 308 g/mol. The average Bonchev–Trinajstić information content (AvgIpc) is 3.24. The van der Waals surface area contributed by atoms with Crippen LogP contribution in [0.4, 0.5) is 0 Å². The van der Waals surface area contributed by atoms with Crippen molar-refractivity contribution in [3.8, 4) is 0 Å². The Bertz CT molecular complexity index is 541. The fourth-order valence-corrected chi connectivity index (χ4v) is 5.03. The number of thioether (sulfide) groups is 1. The Hall–Kier alpha value is -1.04. The van der Waals surface area contributed by atoms with E-state index in [0.717, 1.165) is 45.8 Å². The highest BCUT2D eigenvalue weighted by Gasteiger charge is 2.33. The molecule has 124 valence electrons. The molecule has 3 heterocycles. The predicted molar refractivity (Wildman–Crippen MR) is 91.8 cm³/mol. The zero-order chi connectivity index (χ0) is 15.6. The maximum atomic E-state index is 12.8. The summed E-state index contributed by atoms with van der Waals surface area (Å²) in [5, 5.41) is 0.0807. The molecule has 0 N–H and O–H groups in total. The smallest absolute Gasteiger partial charge is 0.236 e. The molecule has 1 aromatic carbocycles. The minimum atomic E-state index is 0.0807. The molecular formula is C18H24N2O2S. The first-order valence-corrected chi connectivity index (χ1v) is 9.55. The molecule has 0 spiro atoms. The molecule has 2 atom stereocenters. The standard InChI is InChI=1S/C18H24N2O2S/c21-18(17-12-14-4-1-2-6-16(14)23-17)20-9-7-19(8-10-20)13-15-5-3-11-22-15/h1-2,4,6,15,17H,3,5,7-13H2. The van der Waals surface area contributed by atoms with E-state index in [9.17, 15) is 4.79 Å². The summed E-state index contributed by atoms with van der Waals surface area (Å²) >= 11 is 1.74. The van der Waals surface area contributed by atoms with Gasteiger partial charge in [-0.15, -0.1) is 11.8 Å². The van der Waals surface area contributed by atoms with Crippen molar-refractivity contribution in [2.75, 3.05) is 39.3 Å². The molecule has 3 aliphatic rings. The van der Waals surface area contributed by atoms with Crippen LogP contribution in [-0.4, -0.2) is 66.4 Å². The van der Waals surface area contributed by atoms with E-state index in [2.05, 4.69) is 34.1 Å². The van der Waals surface area contributed by atoms with Gasteiger partial charge in [-0.1, -0.05) is 18.2 Å². The highest BCUT2D eigenvalue weighted by atomic mass is 32.2. The van der Waals surface area contributed by atoms with Gasteiger partial charge in [0, 0.05) is 44.2 Å². The lowest BCUT2D eigenvalue weighted by Gasteiger charge is -2.36. The molecule has 0 bridgehead atoms. The molecule has 1 amide bonds. The normalized spacial score (nSPS) is 28.1. The molecule has 23 heavy (non-hydrogen) atoms. The van der Waals surface area contributed by atoms with Gasteiger partial charge < -0.3 is 9.64 Å². The number of piperazine rings is 1. The van der Waals surface area contributed by atoms with Gasteiger partial charge >= 0.3 is 0 Å². The topological polar surface area (TPSA) is 32.8 Å². The number of ether oxygens (including phenoxy) is 1. The van der Waals surface area contributed by atoms with Gasteiger partial charge in [0.15, 0.2) is 0 Å². The third-order valence-corrected chi connectivity index (χ3v) is 6.40. The molecule has 0 saturated carbocycles. The van der Waals surface area contributed by atoms with Crippen LogP contribution in [0.3, 0.4) is 0 Å². The quantitative estimate of drug-likeness (QED) is 0.848. The third-order valence-electron chi connectivity index (χ3n) is 5.09. The van der Waals surface area contributed by atoms with Crippen LogP contribution in [0.5, 0.6) is 0 Å². The Kier molecular flexibility index (Phi) is 4.60. The van der Waals surface area contributed by atoms with Crippen LogP contribution in [-0.2, 0) is 16.0 Å². The van der Waals surface area contributed by atoms with E-state index in [1.54, 1.807) is 11.8 Å². The number of carbonyl (C=O) groups excluding carboxylic acids is 1. The summed E-state index contributed by atoms with van der Waals surface area (Å²) in [6, 6.07) is 8.40. The summed E-state index contributed by atoms with van der Waals surface area (Å²) in [6.45, 7) is 5.64. The lowest BCUT2D eigenvalue weighted by atomic mass is 10.1. The number of hydrogen-bond donors (Lipinski definition) is 0. The molecule has 2 unspecified atom stereocenters. The fraction of sp³-hybridized carbons (Fsp3) is 0.611. The maximum Gasteiger partial charge on any atom is 0.236 e. The van der Waals surface area contributed by atoms with Crippen molar-refractivity contribution in [3.05, 3.63) is 29.8 Å². The Balaban J connectivity index is 1.28. The lowest BCUT2D eigenvalue weighted by molar-refractivity contribution is -0.132. The van der Waals surface area contributed by atoms with Crippen LogP contribution in [0, 0.1) is 0 Å². The first kappa shape index (κ1) is 15.5. The summed E-state index contributed by atoms with van der Waals surface area (Å²) in [7, 11) is 0. The van der Waals surface area contributed by atoms with E-state index in [1.165, 1.54) is 23.3 Å². The SMILES string of the molecule is O=C(C1Cc2ccccc2S1)N1CCN(CC2CCCO2)CC1. The monoisotopic (exact) mass is 332 g/mol. The highest BCUT2D eigenvalue weighted by molar-refractivity contribution is 8.01. The maximum absolute atomic E-state index is 12.8. The van der Waals surface area contributed by atoms with Gasteiger partial charge in [-0.25, -0.2) is 0 Å². The van der Waals surface area contributed by atoms with Gasteiger partial charge in [-0.05, 0) is 30.9 Å². The van der Waals surface area contributed by atoms with E-state index >= 15 is 0 Å². The Labute approximate surface area is 142 Å². The first-order valence-electron chi connectivity index (χ1n) is 8.67. The van der Waals surface area contributed by atoms with Crippen molar-refractivity contribution in [3.63, 3.8) is 0 Å². The molecule has 2 saturated heterocycles. The second-order valence-electron chi connectivity index (χ2n) is 6.68. The number of hydrogen-bond acceptors (Lipinski definition) is 4. The van der Waals surface area contributed by atoms with E-state index in [0.29, 0.717) is 12.0 Å². The Morgan fingerprint density at radius 3 is 2.78 bits per heavy atom. The number of benzene rings is 1. The van der Waals surface area contributed by atoms with E-state index in [-0.39, 0.29) is 5.25 Å². The zero-order valence-corrected chi connectivity index (χ0v) is 14.3. The van der Waals surface area contributed by atoms with Crippen LogP contribution in [0.15, 0.2) is 29.2 Å². The second kappa shape index (κ2) is 6.83. The summed E-state index contributed by atoms with van der Waals surface area (Å²) in [5.41, 5.74) is 1.33. The number of rotatable bonds is 3.